The molecule has 2 unspecified atom stereocenters. The van der Waals surface area contributed by atoms with E-state index in [-0.39, 0.29) is 0 Å². The summed E-state index contributed by atoms with van der Waals surface area (Å²) in [5, 5.41) is 16.6. The predicted octanol–water partition coefficient (Wildman–Crippen LogP) is 0.488. The first kappa shape index (κ1) is 20.0. The quantitative estimate of drug-likeness (QED) is 0.590. The first-order valence-electron chi connectivity index (χ1n) is 4.98. The number of nitrogens with two attached hydrogens (primary N) is 1. The fourth-order valence-corrected chi connectivity index (χ4v) is 0.833. The lowest BCUT2D eigenvalue weighted by molar-refractivity contribution is -0.0980. The molecular formula is C10H25NO4. The Labute approximate surface area is 92.2 Å². The van der Waals surface area contributed by atoms with Gasteiger partial charge in [0, 0.05) is 13.7 Å². The third kappa shape index (κ3) is 24.7. The van der Waals surface area contributed by atoms with E-state index in [4.69, 9.17) is 15.0 Å². The van der Waals surface area contributed by atoms with Crippen LogP contribution in [0.15, 0.2) is 0 Å². The van der Waals surface area contributed by atoms with Gasteiger partial charge in [-0.15, -0.1) is 0 Å². The van der Waals surface area contributed by atoms with Gasteiger partial charge in [0.05, 0.1) is 0 Å². The summed E-state index contributed by atoms with van der Waals surface area (Å²) in [6.45, 7) is 6.64. The van der Waals surface area contributed by atoms with Gasteiger partial charge in [-0.3, -0.25) is 5.73 Å². The molecule has 5 heteroatoms. The van der Waals surface area contributed by atoms with Crippen molar-refractivity contribution in [2.45, 2.75) is 39.5 Å². The zero-order valence-corrected chi connectivity index (χ0v) is 9.98. The number of ether oxygens (including phenoxy) is 1. The number of aliphatic hydroxyl groups excluding tert-OH is 2. The molecule has 0 aliphatic carbocycles. The number of carbonyl (C=O) groups is 1. The van der Waals surface area contributed by atoms with Crippen LogP contribution >= 0.6 is 0 Å². The summed E-state index contributed by atoms with van der Waals surface area (Å²) in [5.74, 6) is 0.556. The molecule has 0 bridgehead atoms. The number of hydrogen-bond donors (Lipinski definition) is 3. The molecule has 0 spiro atoms. The van der Waals surface area contributed by atoms with E-state index in [1.54, 1.807) is 0 Å². The van der Waals surface area contributed by atoms with Crippen molar-refractivity contribution in [1.82, 2.24) is 0 Å². The minimum Gasteiger partial charge on any atom is -0.396 e. The Morgan fingerprint density at radius 3 is 1.87 bits per heavy atom. The van der Waals surface area contributed by atoms with Gasteiger partial charge in [0.15, 0.2) is 0 Å². The Morgan fingerprint density at radius 1 is 1.40 bits per heavy atom. The van der Waals surface area contributed by atoms with Crippen LogP contribution in [0, 0.1) is 5.92 Å². The lowest BCUT2D eigenvalue weighted by atomic mass is 10.0. The molecule has 0 aliphatic rings. The fourth-order valence-electron chi connectivity index (χ4n) is 0.833. The van der Waals surface area contributed by atoms with Crippen LogP contribution in [0.1, 0.15) is 33.1 Å². The van der Waals surface area contributed by atoms with Crippen LogP contribution in [-0.2, 0) is 9.53 Å². The molecule has 0 saturated heterocycles. The van der Waals surface area contributed by atoms with Crippen molar-refractivity contribution in [3.05, 3.63) is 0 Å². The maximum absolute atomic E-state index is 8.66. The van der Waals surface area contributed by atoms with Gasteiger partial charge in [-0.25, -0.2) is 0 Å². The summed E-state index contributed by atoms with van der Waals surface area (Å²) in [7, 11) is 1.32. The predicted molar refractivity (Wildman–Crippen MR) is 60.1 cm³/mol. The Kier molecular flexibility index (Phi) is 25.5. The number of aliphatic hydroxyl groups is 2. The summed E-state index contributed by atoms with van der Waals surface area (Å²) < 4.78 is 4.08. The van der Waals surface area contributed by atoms with Crippen LogP contribution < -0.4 is 5.73 Å². The Bertz CT molecular complexity index is 97.4. The molecule has 0 aromatic carbocycles. The van der Waals surface area contributed by atoms with E-state index in [1.807, 2.05) is 6.79 Å². The van der Waals surface area contributed by atoms with E-state index in [9.17, 15) is 0 Å². The number of carbonyl (C=O) groups excluding carboxylic acids is 1. The first-order valence-corrected chi connectivity index (χ1v) is 4.98. The smallest absolute Gasteiger partial charge is 0.210 e. The van der Waals surface area contributed by atoms with E-state index in [1.165, 1.54) is 20.0 Å². The van der Waals surface area contributed by atoms with Crippen molar-refractivity contribution < 1.29 is 19.7 Å². The Hall–Kier alpha value is -0.490. The van der Waals surface area contributed by atoms with E-state index in [2.05, 4.69) is 24.3 Å². The normalized spacial score (nSPS) is 12.7. The molecule has 0 fully saturated rings. The van der Waals surface area contributed by atoms with Gasteiger partial charge < -0.3 is 19.7 Å². The molecule has 0 radical (unpaired) electrons. The topological polar surface area (TPSA) is 92.8 Å². The molecule has 5 nitrogen and oxygen atoms in total. The summed E-state index contributed by atoms with van der Waals surface area (Å²) >= 11 is 0. The fraction of sp³-hybridized carbons (Fsp3) is 0.900. The summed E-state index contributed by atoms with van der Waals surface area (Å²) in [6, 6.07) is 0. The van der Waals surface area contributed by atoms with Gasteiger partial charge in [-0.05, 0) is 12.3 Å². The highest BCUT2D eigenvalue weighted by Crippen LogP contribution is 2.08. The summed E-state index contributed by atoms with van der Waals surface area (Å²) in [4.78, 5) is 8.00. The minimum absolute atomic E-state index is 0.365. The van der Waals surface area contributed by atoms with Crippen LogP contribution in [0.5, 0.6) is 0 Å². The van der Waals surface area contributed by atoms with E-state index < -0.39 is 6.41 Å². The lowest BCUT2D eigenvalue weighted by Gasteiger charge is -2.07. The largest absolute Gasteiger partial charge is 0.396 e. The third-order valence-electron chi connectivity index (χ3n) is 1.77. The third-order valence-corrected chi connectivity index (χ3v) is 1.77. The van der Waals surface area contributed by atoms with E-state index in [0.717, 1.165) is 6.42 Å². The van der Waals surface area contributed by atoms with Gasteiger partial charge in [0.2, 0.25) is 6.41 Å². The second kappa shape index (κ2) is 19.1. The molecule has 15 heavy (non-hydrogen) atoms. The number of hydrogen-bond acceptors (Lipinski definition) is 5. The van der Waals surface area contributed by atoms with Crippen LogP contribution in [0.3, 0.4) is 0 Å². The van der Waals surface area contributed by atoms with Crippen molar-refractivity contribution in [2.24, 2.45) is 11.7 Å². The van der Waals surface area contributed by atoms with Crippen molar-refractivity contribution in [2.75, 3.05) is 13.7 Å². The zero-order chi connectivity index (χ0) is 12.7. The Balaban J connectivity index is -0.000000177. The molecule has 0 rings (SSSR count). The summed E-state index contributed by atoms with van der Waals surface area (Å²) in [5.41, 5.74) is 4.62. The standard InChI is InChI=1S/C7H16O.C2H7NO2.CH2O/c1-3-5-7(4-2)6-8;1-5-2(3)4;1-2/h7-8H,3-6H2,1-2H3;2,4H,3H2,1H3;1H2. The average Bonchev–Trinajstić information content (AvgIpc) is 2.29. The molecule has 2 atom stereocenters. The zero-order valence-electron chi connectivity index (χ0n) is 9.98. The average molecular weight is 223 g/mol. The SMILES string of the molecule is C=O.CCCC(CC)CO.COC(N)O. The van der Waals surface area contributed by atoms with Crippen LogP contribution in [0.4, 0.5) is 0 Å². The monoisotopic (exact) mass is 223 g/mol. The summed E-state index contributed by atoms with van der Waals surface area (Å²) in [6.07, 6.45) is 2.37. The van der Waals surface area contributed by atoms with Crippen molar-refractivity contribution >= 4 is 6.79 Å². The molecule has 0 amide bonds. The number of rotatable bonds is 5. The van der Waals surface area contributed by atoms with Crippen LogP contribution in [-0.4, -0.2) is 37.1 Å². The van der Waals surface area contributed by atoms with Gasteiger partial charge in [-0.2, -0.15) is 0 Å². The molecule has 0 heterocycles. The molecule has 0 aromatic rings. The van der Waals surface area contributed by atoms with Crippen LogP contribution in [0.25, 0.3) is 0 Å². The number of methoxy groups -OCH3 is 1. The molecule has 4 N–H and O–H groups in total. The second-order valence-electron chi connectivity index (χ2n) is 2.87. The highest BCUT2D eigenvalue weighted by Gasteiger charge is 2.00. The van der Waals surface area contributed by atoms with Gasteiger partial charge >= 0.3 is 0 Å². The molecular weight excluding hydrogens is 198 g/mol. The van der Waals surface area contributed by atoms with Gasteiger partial charge in [0.1, 0.15) is 6.79 Å². The van der Waals surface area contributed by atoms with Crippen LogP contribution in [0.2, 0.25) is 0 Å². The maximum Gasteiger partial charge on any atom is 0.210 e. The van der Waals surface area contributed by atoms with E-state index >= 15 is 0 Å². The lowest BCUT2D eigenvalue weighted by Crippen LogP contribution is -2.19. The minimum atomic E-state index is -1.12. The first-order chi connectivity index (χ1) is 7.12. The molecule has 94 valence electrons. The Morgan fingerprint density at radius 2 is 1.80 bits per heavy atom. The van der Waals surface area contributed by atoms with Gasteiger partial charge in [0.25, 0.3) is 0 Å². The van der Waals surface area contributed by atoms with Crippen molar-refractivity contribution in [3.63, 3.8) is 0 Å². The molecule has 0 aliphatic heterocycles. The molecule has 0 saturated carbocycles. The van der Waals surface area contributed by atoms with Crippen molar-refractivity contribution in [1.29, 1.82) is 0 Å². The second-order valence-corrected chi connectivity index (χ2v) is 2.87. The highest BCUT2D eigenvalue weighted by atomic mass is 16.6. The highest BCUT2D eigenvalue weighted by molar-refractivity contribution is 5.10. The van der Waals surface area contributed by atoms with Crippen molar-refractivity contribution in [3.8, 4) is 0 Å². The van der Waals surface area contributed by atoms with E-state index in [0.29, 0.717) is 12.5 Å². The van der Waals surface area contributed by atoms with Gasteiger partial charge in [-0.1, -0.05) is 26.7 Å². The maximum atomic E-state index is 8.66. The molecule has 0 aromatic heterocycles.